The van der Waals surface area contributed by atoms with Crippen molar-refractivity contribution in [1.82, 2.24) is 0 Å². The topological polar surface area (TPSA) is 57.6 Å². The maximum atomic E-state index is 11.7. The van der Waals surface area contributed by atoms with Crippen LogP contribution in [-0.4, -0.2) is 13.0 Å². The SMILES string of the molecule is Cc1ccc(N(c2ccccc2C)S(=O)(=O)O)cc1. The Balaban J connectivity index is 2.62. The number of hydrogen-bond acceptors (Lipinski definition) is 2. The Labute approximate surface area is 113 Å². The van der Waals surface area contributed by atoms with E-state index in [1.165, 1.54) is 0 Å². The van der Waals surface area contributed by atoms with Gasteiger partial charge in [-0.05, 0) is 37.6 Å². The summed E-state index contributed by atoms with van der Waals surface area (Å²) < 4.78 is 33.7. The highest BCUT2D eigenvalue weighted by atomic mass is 32.2. The minimum atomic E-state index is -4.37. The number of benzene rings is 2. The number of rotatable bonds is 3. The highest BCUT2D eigenvalue weighted by Gasteiger charge is 2.22. The summed E-state index contributed by atoms with van der Waals surface area (Å²) in [6, 6.07) is 13.9. The largest absolute Gasteiger partial charge is 0.364 e. The lowest BCUT2D eigenvalue weighted by Crippen LogP contribution is -2.25. The lowest BCUT2D eigenvalue weighted by molar-refractivity contribution is 0.483. The van der Waals surface area contributed by atoms with Gasteiger partial charge in [-0.1, -0.05) is 35.9 Å². The van der Waals surface area contributed by atoms with Crippen molar-refractivity contribution in [1.29, 1.82) is 0 Å². The van der Waals surface area contributed by atoms with Crippen LogP contribution in [0.1, 0.15) is 11.1 Å². The van der Waals surface area contributed by atoms with Crippen molar-refractivity contribution in [3.63, 3.8) is 0 Å². The van der Waals surface area contributed by atoms with E-state index in [0.29, 0.717) is 11.4 Å². The molecule has 0 unspecified atom stereocenters. The first-order valence-electron chi connectivity index (χ1n) is 5.79. The van der Waals surface area contributed by atoms with Crippen LogP contribution in [0.5, 0.6) is 0 Å². The zero-order chi connectivity index (χ0) is 14.0. The van der Waals surface area contributed by atoms with E-state index in [1.54, 1.807) is 49.4 Å². The van der Waals surface area contributed by atoms with Crippen LogP contribution in [0.15, 0.2) is 48.5 Å². The van der Waals surface area contributed by atoms with Crippen LogP contribution >= 0.6 is 0 Å². The fraction of sp³-hybridized carbons (Fsp3) is 0.143. The third-order valence-corrected chi connectivity index (χ3v) is 3.70. The third-order valence-electron chi connectivity index (χ3n) is 2.83. The van der Waals surface area contributed by atoms with Gasteiger partial charge in [0.25, 0.3) is 0 Å². The van der Waals surface area contributed by atoms with Gasteiger partial charge in [0, 0.05) is 0 Å². The molecule has 0 saturated heterocycles. The van der Waals surface area contributed by atoms with Crippen molar-refractivity contribution in [2.75, 3.05) is 4.31 Å². The molecule has 0 aliphatic heterocycles. The predicted octanol–water partition coefficient (Wildman–Crippen LogP) is 3.24. The molecule has 2 aromatic carbocycles. The first-order valence-corrected chi connectivity index (χ1v) is 7.19. The zero-order valence-electron chi connectivity index (χ0n) is 10.7. The summed E-state index contributed by atoms with van der Waals surface area (Å²) in [7, 11) is -4.37. The lowest BCUT2D eigenvalue weighted by atomic mass is 10.2. The second-order valence-electron chi connectivity index (χ2n) is 4.36. The second-order valence-corrected chi connectivity index (χ2v) is 5.63. The monoisotopic (exact) mass is 277 g/mol. The molecule has 0 radical (unpaired) electrons. The van der Waals surface area contributed by atoms with Crippen molar-refractivity contribution < 1.29 is 13.0 Å². The molecular weight excluding hydrogens is 262 g/mol. The Morgan fingerprint density at radius 2 is 1.53 bits per heavy atom. The molecule has 100 valence electrons. The highest BCUT2D eigenvalue weighted by molar-refractivity contribution is 7.87. The molecular formula is C14H15NO3S. The van der Waals surface area contributed by atoms with Gasteiger partial charge in [0.2, 0.25) is 0 Å². The van der Waals surface area contributed by atoms with Gasteiger partial charge in [0.1, 0.15) is 0 Å². The number of hydrogen-bond donors (Lipinski definition) is 1. The van der Waals surface area contributed by atoms with E-state index in [9.17, 15) is 13.0 Å². The summed E-state index contributed by atoms with van der Waals surface area (Å²) in [5.41, 5.74) is 2.63. The summed E-state index contributed by atoms with van der Waals surface area (Å²) >= 11 is 0. The smallest absolute Gasteiger partial charge is 0.269 e. The zero-order valence-corrected chi connectivity index (χ0v) is 11.6. The molecule has 2 rings (SSSR count). The van der Waals surface area contributed by atoms with Crippen LogP contribution < -0.4 is 4.31 Å². The molecule has 0 aliphatic rings. The van der Waals surface area contributed by atoms with Gasteiger partial charge in [-0.25, -0.2) is 4.31 Å². The molecule has 4 nitrogen and oxygen atoms in total. The first kappa shape index (κ1) is 13.6. The van der Waals surface area contributed by atoms with Gasteiger partial charge in [-0.2, -0.15) is 8.42 Å². The van der Waals surface area contributed by atoms with Crippen LogP contribution in [0.25, 0.3) is 0 Å². The lowest BCUT2D eigenvalue weighted by Gasteiger charge is -2.22. The van der Waals surface area contributed by atoms with E-state index >= 15 is 0 Å². The van der Waals surface area contributed by atoms with Crippen LogP contribution in [0, 0.1) is 13.8 Å². The molecule has 0 fully saturated rings. The second kappa shape index (κ2) is 5.03. The van der Waals surface area contributed by atoms with E-state index in [2.05, 4.69) is 0 Å². The molecule has 1 N–H and O–H groups in total. The molecule has 0 aromatic heterocycles. The number of aryl methyl sites for hydroxylation is 2. The third kappa shape index (κ3) is 2.94. The number of para-hydroxylation sites is 1. The van der Waals surface area contributed by atoms with E-state index in [-0.39, 0.29) is 0 Å². The quantitative estimate of drug-likeness (QED) is 0.876. The Kier molecular flexibility index (Phi) is 3.59. The molecule has 0 amide bonds. The maximum absolute atomic E-state index is 11.7. The summed E-state index contributed by atoms with van der Waals surface area (Å²) in [6.45, 7) is 3.71. The minimum absolute atomic E-state index is 0.405. The summed E-state index contributed by atoms with van der Waals surface area (Å²) in [5, 5.41) is 0. The minimum Gasteiger partial charge on any atom is -0.269 e. The fourth-order valence-corrected chi connectivity index (χ4v) is 2.71. The molecule has 0 saturated carbocycles. The van der Waals surface area contributed by atoms with Crippen molar-refractivity contribution in [3.8, 4) is 0 Å². The van der Waals surface area contributed by atoms with Gasteiger partial charge in [-0.3, -0.25) is 4.55 Å². The van der Waals surface area contributed by atoms with E-state index < -0.39 is 10.3 Å². The summed E-state index contributed by atoms with van der Waals surface area (Å²) in [6.07, 6.45) is 0. The van der Waals surface area contributed by atoms with Crippen molar-refractivity contribution >= 4 is 21.7 Å². The van der Waals surface area contributed by atoms with Crippen molar-refractivity contribution in [2.24, 2.45) is 0 Å². The number of anilines is 2. The predicted molar refractivity (Wildman–Crippen MR) is 76.0 cm³/mol. The van der Waals surface area contributed by atoms with Crippen molar-refractivity contribution in [3.05, 3.63) is 59.7 Å². The molecule has 2 aromatic rings. The summed E-state index contributed by atoms with van der Waals surface area (Å²) in [5.74, 6) is 0. The van der Waals surface area contributed by atoms with Gasteiger partial charge in [0.05, 0.1) is 11.4 Å². The first-order chi connectivity index (χ1) is 8.89. The highest BCUT2D eigenvalue weighted by Crippen LogP contribution is 2.30. The maximum Gasteiger partial charge on any atom is 0.364 e. The van der Waals surface area contributed by atoms with Crippen LogP contribution in [0.4, 0.5) is 11.4 Å². The Hall–Kier alpha value is -1.85. The van der Waals surface area contributed by atoms with Crippen LogP contribution in [0.2, 0.25) is 0 Å². The molecule has 19 heavy (non-hydrogen) atoms. The Morgan fingerprint density at radius 3 is 2.05 bits per heavy atom. The summed E-state index contributed by atoms with van der Waals surface area (Å²) in [4.78, 5) is 0. The Bertz CT molecular complexity index is 678. The van der Waals surface area contributed by atoms with Crippen LogP contribution in [-0.2, 0) is 10.3 Å². The Morgan fingerprint density at radius 1 is 0.947 bits per heavy atom. The van der Waals surface area contributed by atoms with Crippen LogP contribution in [0.3, 0.4) is 0 Å². The molecule has 0 heterocycles. The average molecular weight is 277 g/mol. The fourth-order valence-electron chi connectivity index (χ4n) is 1.87. The van der Waals surface area contributed by atoms with E-state index in [1.807, 2.05) is 13.0 Å². The van der Waals surface area contributed by atoms with Gasteiger partial charge in [0.15, 0.2) is 0 Å². The molecule has 0 aliphatic carbocycles. The molecule has 0 bridgehead atoms. The molecule has 0 atom stereocenters. The van der Waals surface area contributed by atoms with E-state index in [4.69, 9.17) is 0 Å². The van der Waals surface area contributed by atoms with Crippen molar-refractivity contribution in [2.45, 2.75) is 13.8 Å². The number of nitrogens with zero attached hydrogens (tertiary/aromatic N) is 1. The van der Waals surface area contributed by atoms with E-state index in [0.717, 1.165) is 15.4 Å². The van der Waals surface area contributed by atoms with Gasteiger partial charge < -0.3 is 0 Å². The normalized spacial score (nSPS) is 11.3. The van der Waals surface area contributed by atoms with Gasteiger partial charge >= 0.3 is 10.3 Å². The molecule has 5 heteroatoms. The standard InChI is InChI=1S/C14H15NO3S/c1-11-7-9-13(10-8-11)15(19(16,17)18)14-6-4-3-5-12(14)2/h3-10H,1-2H3,(H,16,17,18). The molecule has 0 spiro atoms. The van der Waals surface area contributed by atoms with Gasteiger partial charge in [-0.15, -0.1) is 0 Å². The average Bonchev–Trinajstić information content (AvgIpc) is 2.33.